The molecule has 2 aromatic rings. The van der Waals surface area contributed by atoms with Gasteiger partial charge in [-0.05, 0) is 43.9 Å². The zero-order valence-corrected chi connectivity index (χ0v) is 15.4. The Hall–Kier alpha value is -2.19. The molecule has 25 heavy (non-hydrogen) atoms. The Bertz CT molecular complexity index is 885. The number of aromatic amines is 1. The fraction of sp³-hybridized carbons (Fsp3) is 0.412. The second-order valence-electron chi connectivity index (χ2n) is 6.41. The number of nitrogens with zero attached hydrogens (tertiary/aromatic N) is 2. The third kappa shape index (κ3) is 3.45. The van der Waals surface area contributed by atoms with E-state index in [0.29, 0.717) is 24.9 Å². The van der Waals surface area contributed by atoms with E-state index in [9.17, 15) is 13.2 Å². The van der Waals surface area contributed by atoms with Crippen molar-refractivity contribution in [2.75, 3.05) is 13.6 Å². The van der Waals surface area contributed by atoms with E-state index < -0.39 is 16.1 Å². The lowest BCUT2D eigenvalue weighted by Crippen LogP contribution is -2.51. The van der Waals surface area contributed by atoms with Crippen LogP contribution in [0.4, 0.5) is 0 Å². The number of hydrogen-bond donors (Lipinski definition) is 2. The van der Waals surface area contributed by atoms with Crippen molar-refractivity contribution in [1.29, 1.82) is 0 Å². The van der Waals surface area contributed by atoms with Gasteiger partial charge in [-0.3, -0.25) is 9.89 Å². The molecule has 0 saturated heterocycles. The number of rotatable bonds is 4. The third-order valence-corrected chi connectivity index (χ3v) is 6.21. The number of aryl methyl sites for hydroxylation is 2. The Balaban J connectivity index is 1.71. The molecule has 0 radical (unpaired) electrons. The first-order valence-electron chi connectivity index (χ1n) is 8.15. The number of amides is 1. The number of fused-ring (bicyclic) bond motifs is 1. The Kier molecular flexibility index (Phi) is 4.66. The summed E-state index contributed by atoms with van der Waals surface area (Å²) in [5, 5.41) is 7.08. The molecule has 1 aromatic heterocycles. The Morgan fingerprint density at radius 1 is 1.32 bits per heavy atom. The highest BCUT2D eigenvalue weighted by Crippen LogP contribution is 2.23. The number of carbonyl (C=O) groups excluding carboxylic acids is 1. The van der Waals surface area contributed by atoms with E-state index in [-0.39, 0.29) is 10.8 Å². The predicted molar refractivity (Wildman–Crippen MR) is 93.7 cm³/mol. The van der Waals surface area contributed by atoms with Gasteiger partial charge in [-0.15, -0.1) is 0 Å². The predicted octanol–water partition coefficient (Wildman–Crippen LogP) is 0.931. The van der Waals surface area contributed by atoms with Crippen molar-refractivity contribution in [1.82, 2.24) is 19.8 Å². The van der Waals surface area contributed by atoms with E-state index >= 15 is 0 Å². The molecule has 134 valence electrons. The highest BCUT2D eigenvalue weighted by atomic mass is 32.2. The summed E-state index contributed by atoms with van der Waals surface area (Å²) in [7, 11) is -1.96. The van der Waals surface area contributed by atoms with Gasteiger partial charge in [0.2, 0.25) is 15.9 Å². The van der Waals surface area contributed by atoms with Crippen LogP contribution in [0.1, 0.15) is 22.5 Å². The van der Waals surface area contributed by atoms with Gasteiger partial charge in [-0.1, -0.05) is 18.2 Å². The van der Waals surface area contributed by atoms with Gasteiger partial charge in [-0.2, -0.15) is 9.82 Å². The van der Waals surface area contributed by atoms with Crippen LogP contribution in [0.2, 0.25) is 0 Å². The van der Waals surface area contributed by atoms with Gasteiger partial charge < -0.3 is 4.90 Å². The van der Waals surface area contributed by atoms with Crippen LogP contribution in [0.5, 0.6) is 0 Å². The van der Waals surface area contributed by atoms with Crippen LogP contribution < -0.4 is 4.72 Å². The molecule has 0 fully saturated rings. The van der Waals surface area contributed by atoms with E-state index in [1.807, 2.05) is 13.8 Å². The number of benzene rings is 1. The van der Waals surface area contributed by atoms with Gasteiger partial charge in [0, 0.05) is 19.3 Å². The van der Waals surface area contributed by atoms with Crippen LogP contribution in [0.3, 0.4) is 0 Å². The minimum atomic E-state index is -3.65. The van der Waals surface area contributed by atoms with Crippen LogP contribution in [0, 0.1) is 13.8 Å². The Labute approximate surface area is 147 Å². The molecule has 2 N–H and O–H groups in total. The standard InChI is InChI=1S/C17H22N4O3S/c1-11-14(12(2)19-18-11)8-9-21(3)17(22)15-10-13-6-4-5-7-16(13)25(23,24)20-15/h4-7,15,20H,8-10H2,1-3H3,(H,18,19)/t15-/m0/s1. The molecule has 1 aliphatic heterocycles. The summed E-state index contributed by atoms with van der Waals surface area (Å²) in [6.07, 6.45) is 1.04. The number of nitrogens with one attached hydrogen (secondary N) is 2. The van der Waals surface area contributed by atoms with Gasteiger partial charge in [0.15, 0.2) is 0 Å². The van der Waals surface area contributed by atoms with Gasteiger partial charge in [0.25, 0.3) is 0 Å². The molecular weight excluding hydrogens is 340 g/mol. The topological polar surface area (TPSA) is 95.2 Å². The minimum Gasteiger partial charge on any atom is -0.344 e. The largest absolute Gasteiger partial charge is 0.344 e. The number of likely N-dealkylation sites (N-methyl/N-ethyl adjacent to an activating group) is 1. The monoisotopic (exact) mass is 362 g/mol. The third-order valence-electron chi connectivity index (χ3n) is 4.64. The average Bonchev–Trinajstić information content (AvgIpc) is 2.89. The number of sulfonamides is 1. The molecule has 0 unspecified atom stereocenters. The van der Waals surface area contributed by atoms with Crippen molar-refractivity contribution >= 4 is 15.9 Å². The second kappa shape index (κ2) is 6.61. The van der Waals surface area contributed by atoms with Crippen LogP contribution in [0.15, 0.2) is 29.2 Å². The molecule has 1 amide bonds. The zero-order valence-electron chi connectivity index (χ0n) is 14.5. The molecule has 1 atom stereocenters. The highest BCUT2D eigenvalue weighted by Gasteiger charge is 2.34. The molecule has 0 bridgehead atoms. The molecule has 7 nitrogen and oxygen atoms in total. The fourth-order valence-electron chi connectivity index (χ4n) is 3.18. The summed E-state index contributed by atoms with van der Waals surface area (Å²) in [6.45, 7) is 4.37. The first-order valence-corrected chi connectivity index (χ1v) is 9.63. The number of aromatic nitrogens is 2. The lowest BCUT2D eigenvalue weighted by atomic mass is 10.0. The molecule has 8 heteroatoms. The number of carbonyl (C=O) groups is 1. The van der Waals surface area contributed by atoms with E-state index in [0.717, 1.165) is 17.0 Å². The second-order valence-corrected chi connectivity index (χ2v) is 8.09. The molecule has 1 aromatic carbocycles. The summed E-state index contributed by atoms with van der Waals surface area (Å²) in [4.78, 5) is 14.5. The maximum atomic E-state index is 12.7. The molecule has 1 aliphatic rings. The summed E-state index contributed by atoms with van der Waals surface area (Å²) in [5.74, 6) is -0.225. The van der Waals surface area contributed by atoms with E-state index in [1.165, 1.54) is 0 Å². The highest BCUT2D eigenvalue weighted by molar-refractivity contribution is 7.89. The lowest BCUT2D eigenvalue weighted by molar-refractivity contribution is -0.131. The summed E-state index contributed by atoms with van der Waals surface area (Å²) < 4.78 is 27.2. The van der Waals surface area contributed by atoms with Crippen molar-refractivity contribution in [2.24, 2.45) is 0 Å². The van der Waals surface area contributed by atoms with Gasteiger partial charge in [-0.25, -0.2) is 8.42 Å². The van der Waals surface area contributed by atoms with Crippen LogP contribution in [0.25, 0.3) is 0 Å². The molecule has 0 spiro atoms. The maximum absolute atomic E-state index is 12.7. The number of H-pyrrole nitrogens is 1. The molecule has 0 saturated carbocycles. The van der Waals surface area contributed by atoms with Crippen molar-refractivity contribution in [2.45, 2.75) is 37.6 Å². The first kappa shape index (κ1) is 17.6. The first-order chi connectivity index (χ1) is 11.8. The van der Waals surface area contributed by atoms with Crippen molar-refractivity contribution in [3.8, 4) is 0 Å². The smallest absolute Gasteiger partial charge is 0.241 e. The summed E-state index contributed by atoms with van der Waals surface area (Å²) >= 11 is 0. The van der Waals surface area contributed by atoms with Crippen molar-refractivity contribution < 1.29 is 13.2 Å². The van der Waals surface area contributed by atoms with E-state index in [4.69, 9.17) is 0 Å². The normalized spacial score (nSPS) is 18.6. The number of hydrogen-bond acceptors (Lipinski definition) is 4. The van der Waals surface area contributed by atoms with Gasteiger partial charge in [0.1, 0.15) is 6.04 Å². The average molecular weight is 362 g/mol. The molecule has 2 heterocycles. The van der Waals surface area contributed by atoms with Gasteiger partial charge >= 0.3 is 0 Å². The zero-order chi connectivity index (χ0) is 18.2. The quantitative estimate of drug-likeness (QED) is 0.846. The van der Waals surface area contributed by atoms with Crippen molar-refractivity contribution in [3.05, 3.63) is 46.8 Å². The molecular formula is C17H22N4O3S. The summed E-state index contributed by atoms with van der Waals surface area (Å²) in [6, 6.07) is 6.02. The van der Waals surface area contributed by atoms with Crippen LogP contribution in [-0.4, -0.2) is 49.1 Å². The van der Waals surface area contributed by atoms with Crippen LogP contribution >= 0.6 is 0 Å². The fourth-order valence-corrected chi connectivity index (χ4v) is 4.62. The lowest BCUT2D eigenvalue weighted by Gasteiger charge is -2.28. The Morgan fingerprint density at radius 3 is 2.72 bits per heavy atom. The Morgan fingerprint density at radius 2 is 2.04 bits per heavy atom. The SMILES string of the molecule is Cc1n[nH]c(C)c1CCN(C)C(=O)[C@@H]1Cc2ccccc2S(=O)(=O)N1. The van der Waals surface area contributed by atoms with E-state index in [2.05, 4.69) is 14.9 Å². The van der Waals surface area contributed by atoms with Crippen molar-refractivity contribution in [3.63, 3.8) is 0 Å². The molecule has 3 rings (SSSR count). The van der Waals surface area contributed by atoms with Crippen LogP contribution in [-0.2, 0) is 27.7 Å². The van der Waals surface area contributed by atoms with E-state index in [1.54, 1.807) is 36.2 Å². The summed E-state index contributed by atoms with van der Waals surface area (Å²) in [5.41, 5.74) is 3.68. The maximum Gasteiger partial charge on any atom is 0.241 e. The minimum absolute atomic E-state index is 0.225. The van der Waals surface area contributed by atoms with Gasteiger partial charge in [0.05, 0.1) is 10.6 Å². The molecule has 0 aliphatic carbocycles.